The fourth-order valence-corrected chi connectivity index (χ4v) is 5.39. The van der Waals surface area contributed by atoms with Crippen LogP contribution >= 0.6 is 0 Å². The molecule has 0 radical (unpaired) electrons. The van der Waals surface area contributed by atoms with Crippen LogP contribution in [0.15, 0.2) is 29.5 Å². The van der Waals surface area contributed by atoms with Gasteiger partial charge in [0.25, 0.3) is 5.91 Å². The Labute approximate surface area is 196 Å². The van der Waals surface area contributed by atoms with Crippen molar-refractivity contribution in [3.63, 3.8) is 0 Å². The molecule has 3 aliphatic rings. The number of rotatable bonds is 8. The van der Waals surface area contributed by atoms with Crippen LogP contribution in [0.1, 0.15) is 51.1 Å². The van der Waals surface area contributed by atoms with Gasteiger partial charge in [-0.05, 0) is 76.9 Å². The molecule has 0 aromatic heterocycles. The molecule has 33 heavy (non-hydrogen) atoms. The summed E-state index contributed by atoms with van der Waals surface area (Å²) in [5.41, 5.74) is 1.36. The number of ketones is 1. The molecule has 180 valence electrons. The molecule has 4 rings (SSSR count). The molecule has 2 heterocycles. The second kappa shape index (κ2) is 9.75. The molecule has 0 bridgehead atoms. The van der Waals surface area contributed by atoms with E-state index in [1.54, 1.807) is 7.11 Å². The lowest BCUT2D eigenvalue weighted by molar-refractivity contribution is -0.136. The topological polar surface area (TPSA) is 68.3 Å². The first-order valence-corrected chi connectivity index (χ1v) is 12.1. The smallest absolute Gasteiger partial charge is 0.290 e. The summed E-state index contributed by atoms with van der Waals surface area (Å²) >= 11 is 0. The molecule has 2 aliphatic heterocycles. The average Bonchev–Trinajstić information content (AvgIpc) is 3.06. The van der Waals surface area contributed by atoms with Gasteiger partial charge in [0, 0.05) is 6.54 Å². The summed E-state index contributed by atoms with van der Waals surface area (Å²) in [6.45, 7) is 6.04. The quantitative estimate of drug-likeness (QED) is 0.596. The minimum absolute atomic E-state index is 0.0779. The molecular weight excluding hydrogens is 420 g/mol. The maximum Gasteiger partial charge on any atom is 0.290 e. The molecule has 7 nitrogen and oxygen atoms in total. The van der Waals surface area contributed by atoms with E-state index in [4.69, 9.17) is 14.2 Å². The van der Waals surface area contributed by atoms with Crippen molar-refractivity contribution >= 4 is 11.7 Å². The van der Waals surface area contributed by atoms with Crippen molar-refractivity contribution in [1.82, 2.24) is 9.80 Å². The van der Waals surface area contributed by atoms with E-state index >= 15 is 0 Å². The van der Waals surface area contributed by atoms with Gasteiger partial charge in [-0.1, -0.05) is 13.0 Å². The van der Waals surface area contributed by atoms with Gasteiger partial charge in [0.15, 0.2) is 23.0 Å². The highest BCUT2D eigenvalue weighted by atomic mass is 16.5. The van der Waals surface area contributed by atoms with Crippen LogP contribution in [0.25, 0.3) is 0 Å². The zero-order chi connectivity index (χ0) is 23.7. The van der Waals surface area contributed by atoms with Gasteiger partial charge in [-0.2, -0.15) is 0 Å². The van der Waals surface area contributed by atoms with Crippen molar-refractivity contribution < 1.29 is 23.8 Å². The van der Waals surface area contributed by atoms with E-state index in [2.05, 4.69) is 11.8 Å². The van der Waals surface area contributed by atoms with Crippen LogP contribution in [-0.2, 0) is 14.3 Å². The number of Topliss-reactive ketones (excluding diaryl/α,β-unsaturated/α-hetero) is 1. The van der Waals surface area contributed by atoms with Gasteiger partial charge >= 0.3 is 0 Å². The third-order valence-electron chi connectivity index (χ3n) is 7.01. The second-order valence-electron chi connectivity index (χ2n) is 9.69. The van der Waals surface area contributed by atoms with Gasteiger partial charge in [-0.15, -0.1) is 0 Å². The summed E-state index contributed by atoms with van der Waals surface area (Å²) in [6.07, 6.45) is 3.28. The van der Waals surface area contributed by atoms with E-state index < -0.39 is 6.04 Å². The molecule has 1 amide bonds. The highest BCUT2D eigenvalue weighted by Crippen LogP contribution is 2.48. The Hall–Kier alpha value is -2.54. The van der Waals surface area contributed by atoms with Crippen molar-refractivity contribution in [3.05, 3.63) is 35.1 Å². The van der Waals surface area contributed by atoms with Crippen LogP contribution in [0.5, 0.6) is 11.5 Å². The Balaban J connectivity index is 1.73. The zero-order valence-corrected chi connectivity index (χ0v) is 20.4. The van der Waals surface area contributed by atoms with E-state index in [0.29, 0.717) is 36.1 Å². The van der Waals surface area contributed by atoms with Gasteiger partial charge in [-0.3, -0.25) is 9.59 Å². The molecule has 1 saturated carbocycles. The maximum atomic E-state index is 13.8. The van der Waals surface area contributed by atoms with E-state index in [1.807, 2.05) is 44.1 Å². The van der Waals surface area contributed by atoms with E-state index in [0.717, 1.165) is 37.8 Å². The Morgan fingerprint density at radius 2 is 1.97 bits per heavy atom. The predicted octanol–water partition coefficient (Wildman–Crippen LogP) is 3.59. The first-order chi connectivity index (χ1) is 15.8. The fourth-order valence-electron chi connectivity index (χ4n) is 5.39. The molecule has 1 aromatic carbocycles. The minimum Gasteiger partial charge on any atom is -0.493 e. The van der Waals surface area contributed by atoms with Crippen LogP contribution in [0.3, 0.4) is 0 Å². The van der Waals surface area contributed by atoms with Crippen molar-refractivity contribution in [2.45, 2.75) is 51.7 Å². The molecule has 1 aliphatic carbocycles. The Morgan fingerprint density at radius 1 is 1.18 bits per heavy atom. The van der Waals surface area contributed by atoms with Crippen molar-refractivity contribution in [2.24, 2.45) is 11.8 Å². The third kappa shape index (κ3) is 4.47. The first kappa shape index (κ1) is 23.6. The largest absolute Gasteiger partial charge is 0.493 e. The van der Waals surface area contributed by atoms with E-state index in [1.165, 1.54) is 0 Å². The second-order valence-corrected chi connectivity index (χ2v) is 9.69. The van der Waals surface area contributed by atoms with Gasteiger partial charge in [0.1, 0.15) is 6.10 Å². The molecule has 0 N–H and O–H groups in total. The summed E-state index contributed by atoms with van der Waals surface area (Å²) in [5, 5.41) is 0. The zero-order valence-electron chi connectivity index (χ0n) is 20.4. The number of nitrogens with zero attached hydrogens (tertiary/aromatic N) is 2. The van der Waals surface area contributed by atoms with Gasteiger partial charge in [0.05, 0.1) is 31.2 Å². The number of methoxy groups -OCH3 is 1. The number of benzene rings is 1. The summed E-state index contributed by atoms with van der Waals surface area (Å²) in [6, 6.07) is 5.22. The molecule has 4 atom stereocenters. The molecule has 1 fully saturated rings. The van der Waals surface area contributed by atoms with Crippen LogP contribution < -0.4 is 9.47 Å². The normalized spacial score (nSPS) is 26.9. The Kier molecular flexibility index (Phi) is 6.98. The maximum absolute atomic E-state index is 13.8. The van der Waals surface area contributed by atoms with Gasteiger partial charge in [0.2, 0.25) is 0 Å². The summed E-state index contributed by atoms with van der Waals surface area (Å²) in [4.78, 5) is 31.2. The van der Waals surface area contributed by atoms with Crippen molar-refractivity contribution in [2.75, 3.05) is 40.9 Å². The first-order valence-electron chi connectivity index (χ1n) is 12.1. The minimum atomic E-state index is -0.468. The van der Waals surface area contributed by atoms with Crippen molar-refractivity contribution in [1.29, 1.82) is 0 Å². The third-order valence-corrected chi connectivity index (χ3v) is 7.01. The lowest BCUT2D eigenvalue weighted by Crippen LogP contribution is -2.41. The lowest BCUT2D eigenvalue weighted by atomic mass is 9.74. The van der Waals surface area contributed by atoms with Crippen LogP contribution in [0.4, 0.5) is 0 Å². The summed E-state index contributed by atoms with van der Waals surface area (Å²) in [5.74, 6) is 1.72. The van der Waals surface area contributed by atoms with Crippen LogP contribution in [0, 0.1) is 11.8 Å². The lowest BCUT2D eigenvalue weighted by Gasteiger charge is -2.37. The van der Waals surface area contributed by atoms with Gasteiger partial charge < -0.3 is 24.0 Å². The van der Waals surface area contributed by atoms with E-state index in [9.17, 15) is 9.59 Å². The Morgan fingerprint density at radius 3 is 2.67 bits per heavy atom. The van der Waals surface area contributed by atoms with Crippen LogP contribution in [-0.4, -0.2) is 68.5 Å². The molecule has 0 saturated heterocycles. The fraction of sp³-hybridized carbons (Fsp3) is 0.615. The SMILES string of the molecule is CCOc1ccc(C2C3=C(OC4CCC(C)CC4C3=O)C(=O)N2CCCN(C)C)cc1OC. The van der Waals surface area contributed by atoms with E-state index in [-0.39, 0.29) is 29.5 Å². The van der Waals surface area contributed by atoms with Gasteiger partial charge in [-0.25, -0.2) is 0 Å². The number of carbonyl (C=O) groups excluding carboxylic acids is 2. The highest BCUT2D eigenvalue weighted by Gasteiger charge is 2.52. The standard InChI is InChI=1S/C26H36N2O5/c1-6-32-20-11-9-17(15-21(20)31-5)23-22-24(29)18-14-16(2)8-10-19(18)33-25(22)26(30)28(23)13-7-12-27(3)4/h9,11,15-16,18-19,23H,6-8,10,12-14H2,1-5H3. The highest BCUT2D eigenvalue weighted by molar-refractivity contribution is 6.11. The number of fused-ring (bicyclic) bond motifs is 1. The van der Waals surface area contributed by atoms with Crippen molar-refractivity contribution in [3.8, 4) is 11.5 Å². The molecular formula is C26H36N2O5. The number of ether oxygens (including phenoxy) is 3. The number of hydrogen-bond acceptors (Lipinski definition) is 6. The molecule has 7 heteroatoms. The molecule has 1 aromatic rings. The summed E-state index contributed by atoms with van der Waals surface area (Å²) in [7, 11) is 5.63. The average molecular weight is 457 g/mol. The number of amides is 1. The number of carbonyl (C=O) groups is 2. The predicted molar refractivity (Wildman–Crippen MR) is 125 cm³/mol. The molecule has 0 spiro atoms. The number of hydrogen-bond donors (Lipinski definition) is 0. The Bertz CT molecular complexity index is 941. The molecule has 4 unspecified atom stereocenters. The monoisotopic (exact) mass is 456 g/mol. The van der Waals surface area contributed by atoms with Crippen LogP contribution in [0.2, 0.25) is 0 Å². The summed E-state index contributed by atoms with van der Waals surface area (Å²) < 4.78 is 17.5.